The van der Waals surface area contributed by atoms with E-state index in [0.717, 1.165) is 29.9 Å². The molecule has 2 fully saturated rings. The molecule has 1 N–H and O–H groups in total. The van der Waals surface area contributed by atoms with Gasteiger partial charge >= 0.3 is 0 Å². The second-order valence-corrected chi connectivity index (χ2v) is 9.31. The zero-order valence-electron chi connectivity index (χ0n) is 17.8. The number of hydrogen-bond donors (Lipinski definition) is 1. The monoisotopic (exact) mass is 482 g/mol. The van der Waals surface area contributed by atoms with Crippen LogP contribution < -0.4 is 15.0 Å². The standard InChI is InChI=1S/C25H23ClN2O4S/c26-20-3-1-2-4-22(20)32-23-21(29)15-25(27-24(23)30,18-9-14-33-16-18)17-5-7-19(8-6-17)28-10-12-31-13-11-28/h1-9,14,16,23H,10-13,15H2,(H,27,30). The molecule has 33 heavy (non-hydrogen) atoms. The van der Waals surface area contributed by atoms with E-state index in [-0.39, 0.29) is 12.2 Å². The van der Waals surface area contributed by atoms with Gasteiger partial charge in [-0.1, -0.05) is 35.9 Å². The Morgan fingerprint density at radius 3 is 2.45 bits per heavy atom. The van der Waals surface area contributed by atoms with E-state index in [4.69, 9.17) is 21.1 Å². The van der Waals surface area contributed by atoms with Crippen LogP contribution in [0, 0.1) is 0 Å². The number of anilines is 1. The second kappa shape index (κ2) is 9.17. The molecular formula is C25H23ClN2O4S. The number of nitrogens with zero attached hydrogens (tertiary/aromatic N) is 1. The Labute approximate surface area is 201 Å². The molecule has 3 heterocycles. The van der Waals surface area contributed by atoms with Crippen LogP contribution in [-0.4, -0.2) is 44.1 Å². The van der Waals surface area contributed by atoms with Crippen LogP contribution in [0.25, 0.3) is 0 Å². The molecule has 2 unspecified atom stereocenters. The van der Waals surface area contributed by atoms with Crippen molar-refractivity contribution < 1.29 is 19.1 Å². The lowest BCUT2D eigenvalue weighted by Gasteiger charge is -2.40. The molecule has 1 amide bonds. The third-order valence-corrected chi connectivity index (χ3v) is 7.13. The Kier molecular flexibility index (Phi) is 6.10. The largest absolute Gasteiger partial charge is 0.471 e. The van der Waals surface area contributed by atoms with Crippen LogP contribution in [0.3, 0.4) is 0 Å². The van der Waals surface area contributed by atoms with Gasteiger partial charge in [-0.3, -0.25) is 9.59 Å². The lowest BCUT2D eigenvalue weighted by Crippen LogP contribution is -2.60. The average Bonchev–Trinajstić information content (AvgIpc) is 3.39. The first-order valence-electron chi connectivity index (χ1n) is 10.8. The van der Waals surface area contributed by atoms with Crippen molar-refractivity contribution in [1.82, 2.24) is 5.32 Å². The lowest BCUT2D eigenvalue weighted by atomic mass is 9.76. The van der Waals surface area contributed by atoms with E-state index in [1.54, 1.807) is 24.3 Å². The number of thiophene rings is 1. The molecular weight excluding hydrogens is 460 g/mol. The zero-order valence-corrected chi connectivity index (χ0v) is 19.4. The number of para-hydroxylation sites is 1. The minimum atomic E-state index is -1.25. The number of piperidine rings is 1. The number of benzene rings is 2. The van der Waals surface area contributed by atoms with Crippen molar-refractivity contribution >= 4 is 40.3 Å². The van der Waals surface area contributed by atoms with Gasteiger partial charge in [0.1, 0.15) is 5.75 Å². The molecule has 1 aromatic heterocycles. The Morgan fingerprint density at radius 1 is 1.03 bits per heavy atom. The fourth-order valence-corrected chi connectivity index (χ4v) is 5.32. The molecule has 0 spiro atoms. The van der Waals surface area contributed by atoms with Gasteiger partial charge in [0.05, 0.1) is 23.8 Å². The number of rotatable bonds is 5. The van der Waals surface area contributed by atoms with Crippen molar-refractivity contribution in [2.75, 3.05) is 31.2 Å². The van der Waals surface area contributed by atoms with Crippen molar-refractivity contribution in [3.63, 3.8) is 0 Å². The first kappa shape index (κ1) is 21.9. The predicted octanol–water partition coefficient (Wildman–Crippen LogP) is 4.02. The van der Waals surface area contributed by atoms with Gasteiger partial charge in [0.15, 0.2) is 5.78 Å². The third kappa shape index (κ3) is 4.24. The van der Waals surface area contributed by atoms with Crippen LogP contribution in [0.2, 0.25) is 5.02 Å². The van der Waals surface area contributed by atoms with Crippen molar-refractivity contribution in [3.8, 4) is 5.75 Å². The van der Waals surface area contributed by atoms with Crippen LogP contribution in [0.15, 0.2) is 65.4 Å². The molecule has 3 aromatic rings. The highest BCUT2D eigenvalue weighted by Crippen LogP contribution is 2.39. The number of morpholine rings is 1. The van der Waals surface area contributed by atoms with E-state index >= 15 is 0 Å². The molecule has 2 atom stereocenters. The number of carbonyl (C=O) groups excluding carboxylic acids is 2. The molecule has 2 aliphatic rings. The maximum Gasteiger partial charge on any atom is 0.269 e. The van der Waals surface area contributed by atoms with E-state index in [0.29, 0.717) is 24.0 Å². The SMILES string of the molecule is O=C1CC(c2ccc(N3CCOCC3)cc2)(c2ccsc2)NC(=O)C1Oc1ccccc1Cl. The molecule has 0 radical (unpaired) electrons. The minimum absolute atomic E-state index is 0.0848. The minimum Gasteiger partial charge on any atom is -0.471 e. The predicted molar refractivity (Wildman–Crippen MR) is 128 cm³/mol. The number of amides is 1. The van der Waals surface area contributed by atoms with Gasteiger partial charge in [0.25, 0.3) is 5.91 Å². The van der Waals surface area contributed by atoms with Crippen molar-refractivity contribution in [3.05, 3.63) is 81.5 Å². The number of carbonyl (C=O) groups is 2. The number of hydrogen-bond acceptors (Lipinski definition) is 6. The summed E-state index contributed by atoms with van der Waals surface area (Å²) in [6, 6.07) is 16.8. The van der Waals surface area contributed by atoms with Gasteiger partial charge < -0.3 is 19.7 Å². The maximum atomic E-state index is 13.3. The summed E-state index contributed by atoms with van der Waals surface area (Å²) in [6.45, 7) is 3.09. The van der Waals surface area contributed by atoms with Gasteiger partial charge in [-0.05, 0) is 52.2 Å². The highest BCUT2D eigenvalue weighted by atomic mass is 35.5. The highest BCUT2D eigenvalue weighted by molar-refractivity contribution is 7.08. The summed E-state index contributed by atoms with van der Waals surface area (Å²) in [6.07, 6.45) is -1.16. The first-order valence-corrected chi connectivity index (χ1v) is 12.1. The summed E-state index contributed by atoms with van der Waals surface area (Å²) >= 11 is 7.70. The Balaban J connectivity index is 1.45. The highest BCUT2D eigenvalue weighted by Gasteiger charge is 2.48. The van der Waals surface area contributed by atoms with Crippen LogP contribution in [0.5, 0.6) is 5.75 Å². The van der Waals surface area contributed by atoms with Gasteiger partial charge in [0, 0.05) is 25.2 Å². The Bertz CT molecular complexity index is 1130. The summed E-state index contributed by atoms with van der Waals surface area (Å²) in [5.41, 5.74) is 1.88. The second-order valence-electron chi connectivity index (χ2n) is 8.12. The van der Waals surface area contributed by atoms with Crippen LogP contribution in [-0.2, 0) is 19.9 Å². The summed E-state index contributed by atoms with van der Waals surface area (Å²) in [5, 5.41) is 7.38. The molecule has 6 nitrogen and oxygen atoms in total. The molecule has 170 valence electrons. The molecule has 0 saturated carbocycles. The molecule has 0 aliphatic carbocycles. The summed E-state index contributed by atoms with van der Waals surface area (Å²) < 4.78 is 11.2. The smallest absolute Gasteiger partial charge is 0.269 e. The van der Waals surface area contributed by atoms with Crippen molar-refractivity contribution in [2.45, 2.75) is 18.1 Å². The number of ketones is 1. The number of Topliss-reactive ketones (excluding diaryl/α,β-unsaturated/α-hetero) is 1. The number of nitrogens with one attached hydrogen (secondary N) is 1. The maximum absolute atomic E-state index is 13.3. The number of ether oxygens (including phenoxy) is 2. The van der Waals surface area contributed by atoms with Crippen molar-refractivity contribution in [1.29, 1.82) is 0 Å². The van der Waals surface area contributed by atoms with Crippen LogP contribution in [0.1, 0.15) is 17.5 Å². The van der Waals surface area contributed by atoms with Crippen LogP contribution in [0.4, 0.5) is 5.69 Å². The zero-order chi connectivity index (χ0) is 22.8. The van der Waals surface area contributed by atoms with E-state index in [1.807, 2.05) is 41.1 Å². The Morgan fingerprint density at radius 2 is 1.79 bits per heavy atom. The molecule has 2 aromatic carbocycles. The van der Waals surface area contributed by atoms with Gasteiger partial charge in [-0.15, -0.1) is 0 Å². The van der Waals surface area contributed by atoms with Gasteiger partial charge in [0.2, 0.25) is 6.10 Å². The van der Waals surface area contributed by atoms with E-state index in [1.165, 1.54) is 11.3 Å². The summed E-state index contributed by atoms with van der Waals surface area (Å²) in [4.78, 5) is 28.7. The molecule has 0 bridgehead atoms. The van der Waals surface area contributed by atoms with Gasteiger partial charge in [-0.25, -0.2) is 0 Å². The summed E-state index contributed by atoms with van der Waals surface area (Å²) in [7, 11) is 0. The van der Waals surface area contributed by atoms with E-state index in [9.17, 15) is 9.59 Å². The molecule has 2 aliphatic heterocycles. The fraction of sp³-hybridized carbons (Fsp3) is 0.280. The Hall–Kier alpha value is -2.87. The molecule has 8 heteroatoms. The number of halogens is 1. The van der Waals surface area contributed by atoms with Crippen molar-refractivity contribution in [2.24, 2.45) is 0 Å². The fourth-order valence-electron chi connectivity index (χ4n) is 4.41. The quantitative estimate of drug-likeness (QED) is 0.556. The lowest BCUT2D eigenvalue weighted by molar-refractivity contribution is -0.144. The molecule has 5 rings (SSSR count). The van der Waals surface area contributed by atoms with Crippen LogP contribution >= 0.6 is 22.9 Å². The first-order chi connectivity index (χ1) is 16.1. The topological polar surface area (TPSA) is 67.9 Å². The molecule has 2 saturated heterocycles. The third-order valence-electron chi connectivity index (χ3n) is 6.14. The normalized spacial score (nSPS) is 23.3. The van der Waals surface area contributed by atoms with E-state index < -0.39 is 17.6 Å². The average molecular weight is 483 g/mol. The summed E-state index contributed by atoms with van der Waals surface area (Å²) in [5.74, 6) is -0.456. The van der Waals surface area contributed by atoms with E-state index in [2.05, 4.69) is 10.2 Å². The van der Waals surface area contributed by atoms with Gasteiger partial charge in [-0.2, -0.15) is 11.3 Å².